The van der Waals surface area contributed by atoms with Crippen molar-refractivity contribution in [2.24, 2.45) is 0 Å². The molecule has 57 heavy (non-hydrogen) atoms. The van der Waals surface area contributed by atoms with Gasteiger partial charge in [0.25, 0.3) is 10.1 Å². The molecule has 4 aromatic rings. The minimum absolute atomic E-state index is 0. The summed E-state index contributed by atoms with van der Waals surface area (Å²) in [6.07, 6.45) is 22.5. The van der Waals surface area contributed by atoms with Gasteiger partial charge in [0, 0.05) is 0 Å². The average Bonchev–Trinajstić information content (AvgIpc) is 3.16. The van der Waals surface area contributed by atoms with Crippen molar-refractivity contribution in [3.05, 3.63) is 96.1 Å². The van der Waals surface area contributed by atoms with Crippen molar-refractivity contribution in [3.8, 4) is 34.5 Å². The Balaban J connectivity index is 0.000000387. The van der Waals surface area contributed by atoms with Gasteiger partial charge >= 0.3 is 37.7 Å². The molecule has 0 heterocycles. The number of phenols is 1. The maximum Gasteiger partial charge on any atom is 2.00 e. The maximum absolute atomic E-state index is 12.1. The molecule has 0 amide bonds. The van der Waals surface area contributed by atoms with Crippen LogP contribution in [0.2, 0.25) is 0 Å². The number of ether oxygens (including phenoxy) is 2. The Morgan fingerprint density at radius 1 is 0.526 bits per heavy atom. The topological polar surface area (TPSA) is 173 Å². The van der Waals surface area contributed by atoms with Crippen LogP contribution in [0.1, 0.15) is 128 Å². The quantitative estimate of drug-likeness (QED) is 0.0392. The van der Waals surface area contributed by atoms with Crippen LogP contribution in [-0.4, -0.2) is 68.8 Å². The van der Waals surface area contributed by atoms with E-state index in [0.29, 0.717) is 11.5 Å². The van der Waals surface area contributed by atoms with E-state index in [1.807, 2.05) is 24.3 Å². The van der Waals surface area contributed by atoms with Gasteiger partial charge in [0.2, 0.25) is 0 Å². The molecule has 0 unspecified atom stereocenters. The summed E-state index contributed by atoms with van der Waals surface area (Å²) < 4.78 is 76.0. The first-order chi connectivity index (χ1) is 26.8. The minimum atomic E-state index is -4.82. The molecule has 2 N–H and O–H groups in total. The minimum Gasteiger partial charge on any atom is -0.869 e. The summed E-state index contributed by atoms with van der Waals surface area (Å²) in [5, 5.41) is 22.1. The van der Waals surface area contributed by atoms with Crippen molar-refractivity contribution in [3.63, 3.8) is 0 Å². The van der Waals surface area contributed by atoms with E-state index >= 15 is 0 Å². The molecule has 4 aromatic carbocycles. The predicted octanol–water partition coefficient (Wildman–Crippen LogP) is 10.9. The van der Waals surface area contributed by atoms with Crippen molar-refractivity contribution >= 4 is 58.0 Å². The smallest absolute Gasteiger partial charge is 0.869 e. The van der Waals surface area contributed by atoms with Crippen LogP contribution < -0.4 is 14.6 Å². The number of aromatic hydroxyl groups is 1. The molecular weight excluding hydrogens is 793 g/mol. The Hall–Kier alpha value is -2.84. The zero-order chi connectivity index (χ0) is 40.8. The Morgan fingerprint density at radius 2 is 0.895 bits per heavy atom. The molecule has 0 fully saturated rings. The molecule has 0 bridgehead atoms. The summed E-state index contributed by atoms with van der Waals surface area (Å²) in [6, 6.07) is 22.5. The SMILES string of the molecule is CCCCCCCCCCc1ccc(Oc2cccc(S(=O)(=O)O)c2O)cc1.CCCCCCCCCCc1ccc(Oc2cccc(S(=O)(=O)[O-])c2[O-])cc1.[Ca+2]. The van der Waals surface area contributed by atoms with Gasteiger partial charge in [0.1, 0.15) is 32.3 Å². The van der Waals surface area contributed by atoms with Crippen LogP contribution in [0.3, 0.4) is 0 Å². The largest absolute Gasteiger partial charge is 2.00 e. The molecule has 13 heteroatoms. The molecule has 0 aliphatic heterocycles. The number of aryl methyl sites for hydroxylation is 2. The molecule has 10 nitrogen and oxygen atoms in total. The van der Waals surface area contributed by atoms with E-state index in [4.69, 9.17) is 14.0 Å². The van der Waals surface area contributed by atoms with Crippen molar-refractivity contribution in [2.45, 2.75) is 139 Å². The van der Waals surface area contributed by atoms with Gasteiger partial charge in [-0.05, 0) is 91.1 Å². The second kappa shape index (κ2) is 27.0. The fourth-order valence-corrected chi connectivity index (χ4v) is 7.36. The number of para-hydroxylation sites is 2. The van der Waals surface area contributed by atoms with Gasteiger partial charge < -0.3 is 24.2 Å². The Labute approximate surface area is 370 Å². The van der Waals surface area contributed by atoms with E-state index in [-0.39, 0.29) is 49.2 Å². The monoisotopic (exact) mass is 850 g/mol. The fraction of sp³-hybridized carbons (Fsp3) is 0.455. The molecular formula is C44H58CaO10S2. The van der Waals surface area contributed by atoms with E-state index in [2.05, 4.69) is 13.8 Å². The van der Waals surface area contributed by atoms with Crippen molar-refractivity contribution < 1.29 is 45.6 Å². The number of hydrogen-bond acceptors (Lipinski definition) is 9. The van der Waals surface area contributed by atoms with Gasteiger partial charge in [-0.25, -0.2) is 8.42 Å². The van der Waals surface area contributed by atoms with Crippen molar-refractivity contribution in [1.29, 1.82) is 0 Å². The zero-order valence-electron chi connectivity index (χ0n) is 33.5. The molecule has 0 saturated carbocycles. The van der Waals surface area contributed by atoms with Crippen LogP contribution in [0.15, 0.2) is 94.7 Å². The fourth-order valence-electron chi connectivity index (χ4n) is 6.19. The van der Waals surface area contributed by atoms with Gasteiger partial charge in [-0.2, -0.15) is 8.42 Å². The third kappa shape index (κ3) is 19.2. The summed E-state index contributed by atoms with van der Waals surface area (Å²) in [5.41, 5.74) is 2.41. The summed E-state index contributed by atoms with van der Waals surface area (Å²) >= 11 is 0. The zero-order valence-corrected chi connectivity index (χ0v) is 37.3. The second-order valence-corrected chi connectivity index (χ2v) is 16.8. The molecule has 0 aliphatic rings. The first kappa shape index (κ1) is 50.3. The standard InChI is InChI=1S/2C22H30O5S.Ca/c2*1-2-3-4-5-6-7-8-9-11-18-14-16-19(17-15-18)27-20-12-10-13-21(22(20)23)28(24,25)26;/h2*10,12-17,23H,2-9,11H2,1H3,(H,24,25,26);/q;;+2/p-2. The van der Waals surface area contributed by atoms with Gasteiger partial charge in [-0.3, -0.25) is 4.55 Å². The van der Waals surface area contributed by atoms with Gasteiger partial charge in [-0.15, -0.1) is 0 Å². The molecule has 0 atom stereocenters. The molecule has 0 spiro atoms. The van der Waals surface area contributed by atoms with E-state index < -0.39 is 41.5 Å². The molecule has 308 valence electrons. The van der Waals surface area contributed by atoms with Crippen LogP contribution in [-0.2, 0) is 33.1 Å². The van der Waals surface area contributed by atoms with Crippen LogP contribution in [0.25, 0.3) is 0 Å². The normalized spacial score (nSPS) is 11.3. The second-order valence-electron chi connectivity index (χ2n) is 14.1. The Morgan fingerprint density at radius 3 is 1.30 bits per heavy atom. The van der Waals surface area contributed by atoms with Crippen LogP contribution in [0.5, 0.6) is 34.5 Å². The summed E-state index contributed by atoms with van der Waals surface area (Å²) in [5.74, 6) is -0.799. The average molecular weight is 851 g/mol. The Bertz CT molecular complexity index is 1810. The summed E-state index contributed by atoms with van der Waals surface area (Å²) in [4.78, 5) is -1.37. The number of unbranched alkanes of at least 4 members (excludes halogenated alkanes) is 14. The van der Waals surface area contributed by atoms with Gasteiger partial charge in [-0.1, -0.05) is 140 Å². The van der Waals surface area contributed by atoms with Gasteiger partial charge in [0.05, 0.1) is 4.90 Å². The van der Waals surface area contributed by atoms with Crippen molar-refractivity contribution in [1.82, 2.24) is 0 Å². The maximum atomic E-state index is 12.1. The number of hydrogen-bond donors (Lipinski definition) is 2. The first-order valence-corrected chi connectivity index (χ1v) is 22.8. The van der Waals surface area contributed by atoms with E-state index in [9.17, 15) is 31.6 Å². The van der Waals surface area contributed by atoms with E-state index in [0.717, 1.165) is 37.8 Å². The van der Waals surface area contributed by atoms with E-state index in [1.165, 1.54) is 125 Å². The molecule has 0 saturated heterocycles. The molecule has 0 radical (unpaired) electrons. The number of rotatable bonds is 24. The van der Waals surface area contributed by atoms with Gasteiger partial charge in [0.15, 0.2) is 11.5 Å². The van der Waals surface area contributed by atoms with Crippen LogP contribution in [0, 0.1) is 0 Å². The number of benzene rings is 4. The third-order valence-electron chi connectivity index (χ3n) is 9.39. The van der Waals surface area contributed by atoms with Crippen LogP contribution in [0.4, 0.5) is 0 Å². The van der Waals surface area contributed by atoms with Crippen molar-refractivity contribution in [2.75, 3.05) is 0 Å². The summed E-state index contributed by atoms with van der Waals surface area (Å²) in [6.45, 7) is 4.46. The number of phenolic OH excluding ortho intramolecular Hbond substituents is 1. The third-order valence-corrected chi connectivity index (χ3v) is 11.1. The molecule has 0 aromatic heterocycles. The molecule has 4 rings (SSSR count). The van der Waals surface area contributed by atoms with E-state index in [1.54, 1.807) is 24.3 Å². The molecule has 0 aliphatic carbocycles. The summed E-state index contributed by atoms with van der Waals surface area (Å²) in [7, 11) is -9.33. The first-order valence-electron chi connectivity index (χ1n) is 19.9. The Kier molecular flexibility index (Phi) is 23.8. The van der Waals surface area contributed by atoms with Crippen LogP contribution >= 0.6 is 0 Å². The predicted molar refractivity (Wildman–Crippen MR) is 223 cm³/mol.